The highest BCUT2D eigenvalue weighted by molar-refractivity contribution is 7.23. The molecule has 0 atom stereocenters. The van der Waals surface area contributed by atoms with Crippen LogP contribution >= 0.6 is 11.3 Å². The maximum atomic E-state index is 13.0. The normalized spacial score (nSPS) is 17.9. The van der Waals surface area contributed by atoms with Crippen molar-refractivity contribution in [3.05, 3.63) is 54.4 Å². The quantitative estimate of drug-likeness (QED) is 0.700. The van der Waals surface area contributed by atoms with E-state index in [0.29, 0.717) is 5.92 Å². The van der Waals surface area contributed by atoms with Crippen LogP contribution in [0.1, 0.15) is 24.3 Å². The molecule has 1 aliphatic heterocycles. The fourth-order valence-corrected chi connectivity index (χ4v) is 4.51. The smallest absolute Gasteiger partial charge is 0.290 e. The van der Waals surface area contributed by atoms with Gasteiger partial charge in [0.15, 0.2) is 0 Å². The van der Waals surface area contributed by atoms with Crippen molar-refractivity contribution in [1.29, 1.82) is 0 Å². The molecule has 2 aliphatic rings. The van der Waals surface area contributed by atoms with Crippen LogP contribution in [0.15, 0.2) is 48.8 Å². The number of anilines is 2. The minimum absolute atomic E-state index is 0.0662. The molecule has 0 spiro atoms. The number of rotatable bonds is 3. The lowest BCUT2D eigenvalue weighted by Crippen LogP contribution is -2.31. The van der Waals surface area contributed by atoms with Crippen molar-refractivity contribution in [2.75, 3.05) is 22.9 Å². The molecule has 1 saturated carbocycles. The molecule has 4 nitrogen and oxygen atoms in total. The van der Waals surface area contributed by atoms with Crippen LogP contribution in [0, 0.1) is 0 Å². The Bertz CT molecular complexity index is 898. The zero-order valence-electron chi connectivity index (χ0n) is 13.2. The van der Waals surface area contributed by atoms with Crippen LogP contribution in [0.2, 0.25) is 0 Å². The number of fused-ring (bicyclic) bond motifs is 1. The molecule has 0 bridgehead atoms. The number of pyridine rings is 1. The zero-order valence-corrected chi connectivity index (χ0v) is 14.0. The maximum absolute atomic E-state index is 13.0. The Morgan fingerprint density at radius 3 is 2.75 bits per heavy atom. The molecule has 3 heterocycles. The Balaban J connectivity index is 1.48. The predicted molar refractivity (Wildman–Crippen MR) is 98.1 cm³/mol. The fourth-order valence-electron chi connectivity index (χ4n) is 3.43. The first-order valence-electron chi connectivity index (χ1n) is 8.33. The van der Waals surface area contributed by atoms with Gasteiger partial charge in [-0.05, 0) is 47.9 Å². The monoisotopic (exact) mass is 335 g/mol. The molecular weight excluding hydrogens is 318 g/mol. The van der Waals surface area contributed by atoms with E-state index in [0.717, 1.165) is 23.8 Å². The standard InChI is InChI=1S/C19H17N3OS/c23-19-21(16-12-20-8-7-15(16)13-5-6-13)9-10-22(19)18-11-14-3-1-2-4-17(14)24-18/h1-4,7-8,11-13H,5-6,9-10H2. The Morgan fingerprint density at radius 1 is 1.08 bits per heavy atom. The van der Waals surface area contributed by atoms with Gasteiger partial charge in [-0.1, -0.05) is 18.2 Å². The molecule has 2 aromatic heterocycles. The van der Waals surface area contributed by atoms with Gasteiger partial charge in [0.05, 0.1) is 11.9 Å². The number of thiophene rings is 1. The van der Waals surface area contributed by atoms with Crippen molar-refractivity contribution >= 4 is 38.1 Å². The third kappa shape index (κ3) is 2.19. The molecule has 0 unspecified atom stereocenters. The first-order valence-corrected chi connectivity index (χ1v) is 9.14. The zero-order chi connectivity index (χ0) is 16.1. The van der Waals surface area contributed by atoms with Gasteiger partial charge in [0.1, 0.15) is 5.00 Å². The largest absolute Gasteiger partial charge is 0.329 e. The van der Waals surface area contributed by atoms with Crippen molar-refractivity contribution in [2.45, 2.75) is 18.8 Å². The van der Waals surface area contributed by atoms with Crippen LogP contribution in [-0.2, 0) is 0 Å². The average Bonchev–Trinajstić information content (AvgIpc) is 3.26. The molecule has 3 aromatic rings. The molecule has 1 aliphatic carbocycles. The molecule has 2 amide bonds. The highest BCUT2D eigenvalue weighted by Crippen LogP contribution is 2.45. The number of amides is 2. The summed E-state index contributed by atoms with van der Waals surface area (Å²) >= 11 is 1.68. The van der Waals surface area contributed by atoms with Gasteiger partial charge in [0.2, 0.25) is 0 Å². The first-order chi connectivity index (χ1) is 11.8. The molecule has 1 saturated heterocycles. The van der Waals surface area contributed by atoms with Gasteiger partial charge in [-0.2, -0.15) is 0 Å². The number of carbonyl (C=O) groups excluding carboxylic acids is 1. The van der Waals surface area contributed by atoms with Crippen molar-refractivity contribution < 1.29 is 4.79 Å². The van der Waals surface area contributed by atoms with Crippen LogP contribution < -0.4 is 9.80 Å². The van der Waals surface area contributed by atoms with Crippen molar-refractivity contribution in [3.8, 4) is 0 Å². The SMILES string of the molecule is O=C1N(c2cc3ccccc3s2)CCN1c1cnccc1C1CC1. The van der Waals surface area contributed by atoms with Gasteiger partial charge < -0.3 is 0 Å². The van der Waals surface area contributed by atoms with Gasteiger partial charge in [-0.3, -0.25) is 14.8 Å². The Labute approximate surface area is 144 Å². The molecule has 0 radical (unpaired) electrons. The second kappa shape index (κ2) is 5.31. The number of hydrogen-bond donors (Lipinski definition) is 0. The second-order valence-corrected chi connectivity index (χ2v) is 7.48. The lowest BCUT2D eigenvalue weighted by atomic mass is 10.1. The van der Waals surface area contributed by atoms with Crippen molar-refractivity contribution in [1.82, 2.24) is 4.98 Å². The van der Waals surface area contributed by atoms with Crippen LogP contribution in [0.25, 0.3) is 10.1 Å². The lowest BCUT2D eigenvalue weighted by molar-refractivity contribution is 0.256. The van der Waals surface area contributed by atoms with Gasteiger partial charge in [0, 0.05) is 24.0 Å². The van der Waals surface area contributed by atoms with E-state index in [9.17, 15) is 4.79 Å². The number of hydrogen-bond acceptors (Lipinski definition) is 3. The summed E-state index contributed by atoms with van der Waals surface area (Å²) in [6, 6.07) is 12.5. The Hall–Kier alpha value is -2.40. The van der Waals surface area contributed by atoms with Crippen LogP contribution in [0.3, 0.4) is 0 Å². The van der Waals surface area contributed by atoms with Crippen LogP contribution in [0.4, 0.5) is 15.5 Å². The fraction of sp³-hybridized carbons (Fsp3) is 0.263. The van der Waals surface area contributed by atoms with Gasteiger partial charge in [-0.15, -0.1) is 11.3 Å². The van der Waals surface area contributed by atoms with Gasteiger partial charge in [-0.25, -0.2) is 4.79 Å². The van der Waals surface area contributed by atoms with Crippen molar-refractivity contribution in [3.63, 3.8) is 0 Å². The molecule has 5 heteroatoms. The summed E-state index contributed by atoms with van der Waals surface area (Å²) in [4.78, 5) is 21.1. The minimum Gasteiger partial charge on any atom is -0.290 e. The third-order valence-corrected chi connectivity index (χ3v) is 5.97. The highest BCUT2D eigenvalue weighted by Gasteiger charge is 2.35. The number of carbonyl (C=O) groups is 1. The van der Waals surface area contributed by atoms with E-state index < -0.39 is 0 Å². The van der Waals surface area contributed by atoms with E-state index in [1.807, 2.05) is 34.3 Å². The van der Waals surface area contributed by atoms with E-state index in [-0.39, 0.29) is 6.03 Å². The molecular formula is C19H17N3OS. The first kappa shape index (κ1) is 14.0. The summed E-state index contributed by atoms with van der Waals surface area (Å²) in [7, 11) is 0. The molecule has 24 heavy (non-hydrogen) atoms. The summed E-state index contributed by atoms with van der Waals surface area (Å²) in [6.07, 6.45) is 6.12. The summed E-state index contributed by atoms with van der Waals surface area (Å²) in [5.41, 5.74) is 2.27. The van der Waals surface area contributed by atoms with E-state index in [2.05, 4.69) is 29.2 Å². The second-order valence-electron chi connectivity index (χ2n) is 6.42. The molecule has 120 valence electrons. The van der Waals surface area contributed by atoms with E-state index >= 15 is 0 Å². The van der Waals surface area contributed by atoms with Crippen LogP contribution in [0.5, 0.6) is 0 Å². The topological polar surface area (TPSA) is 36.4 Å². The van der Waals surface area contributed by atoms with E-state index in [4.69, 9.17) is 0 Å². The average molecular weight is 335 g/mol. The lowest BCUT2D eigenvalue weighted by Gasteiger charge is -2.20. The molecule has 1 aromatic carbocycles. The predicted octanol–water partition coefficient (Wildman–Crippen LogP) is 4.62. The van der Waals surface area contributed by atoms with E-state index in [1.54, 1.807) is 11.3 Å². The number of aromatic nitrogens is 1. The summed E-state index contributed by atoms with van der Waals surface area (Å²) in [6.45, 7) is 1.45. The third-order valence-electron chi connectivity index (χ3n) is 4.83. The molecule has 2 fully saturated rings. The number of urea groups is 1. The maximum Gasteiger partial charge on any atom is 0.329 e. The van der Waals surface area contributed by atoms with Gasteiger partial charge in [0.25, 0.3) is 0 Å². The molecule has 0 N–H and O–H groups in total. The van der Waals surface area contributed by atoms with E-state index in [1.165, 1.54) is 28.5 Å². The van der Waals surface area contributed by atoms with Crippen molar-refractivity contribution in [2.24, 2.45) is 0 Å². The Morgan fingerprint density at radius 2 is 1.92 bits per heavy atom. The minimum atomic E-state index is 0.0662. The van der Waals surface area contributed by atoms with Gasteiger partial charge >= 0.3 is 6.03 Å². The van der Waals surface area contributed by atoms with Crippen LogP contribution in [-0.4, -0.2) is 24.1 Å². The summed E-state index contributed by atoms with van der Waals surface area (Å²) < 4.78 is 1.22. The summed E-state index contributed by atoms with van der Waals surface area (Å²) in [5.74, 6) is 0.606. The molecule has 5 rings (SSSR count). The Kier molecular flexibility index (Phi) is 3.10. The number of nitrogens with zero attached hydrogens (tertiary/aromatic N) is 3. The summed E-state index contributed by atoms with van der Waals surface area (Å²) in [5, 5.41) is 2.23. The highest BCUT2D eigenvalue weighted by atomic mass is 32.1. The number of benzene rings is 1.